The maximum absolute atomic E-state index is 12.7. The summed E-state index contributed by atoms with van der Waals surface area (Å²) in [5.74, 6) is -0.420. The lowest BCUT2D eigenvalue weighted by atomic mass is 10.0. The molecule has 0 unspecified atom stereocenters. The van der Waals surface area contributed by atoms with E-state index in [9.17, 15) is 14.4 Å². The average Bonchev–Trinajstić information content (AvgIpc) is 3.36. The predicted octanol–water partition coefficient (Wildman–Crippen LogP) is 3.32. The molecule has 0 saturated carbocycles. The number of thiazole rings is 1. The SMILES string of the molecule is COc1ccccc1-c1nc(C(=O)NNC(=O)[C@@H](CC(C)C)NC(=O)OCc2ccncc2)cs1. The number of amides is 3. The van der Waals surface area contributed by atoms with Crippen molar-refractivity contribution in [3.05, 3.63) is 65.4 Å². The minimum absolute atomic E-state index is 0.0411. The Bertz CT molecular complexity index is 1150. The molecule has 35 heavy (non-hydrogen) atoms. The monoisotopic (exact) mass is 497 g/mol. The molecule has 0 aliphatic heterocycles. The molecule has 0 aliphatic rings. The molecular weight excluding hydrogens is 470 g/mol. The number of hydrogen-bond acceptors (Lipinski definition) is 8. The summed E-state index contributed by atoms with van der Waals surface area (Å²) in [6, 6.07) is 9.88. The van der Waals surface area contributed by atoms with Gasteiger partial charge in [0.1, 0.15) is 29.1 Å². The highest BCUT2D eigenvalue weighted by Crippen LogP contribution is 2.31. The van der Waals surface area contributed by atoms with Gasteiger partial charge in [0, 0.05) is 17.8 Å². The molecule has 3 N–H and O–H groups in total. The third kappa shape index (κ3) is 7.51. The van der Waals surface area contributed by atoms with Crippen molar-refractivity contribution in [1.82, 2.24) is 26.1 Å². The first-order valence-corrected chi connectivity index (χ1v) is 11.8. The normalized spacial score (nSPS) is 11.4. The number of methoxy groups -OCH3 is 1. The van der Waals surface area contributed by atoms with E-state index in [2.05, 4.69) is 26.1 Å². The third-order valence-corrected chi connectivity index (χ3v) is 5.68. The van der Waals surface area contributed by atoms with Crippen LogP contribution in [0.15, 0.2) is 54.2 Å². The lowest BCUT2D eigenvalue weighted by Gasteiger charge is -2.20. The van der Waals surface area contributed by atoms with Crippen molar-refractivity contribution < 1.29 is 23.9 Å². The van der Waals surface area contributed by atoms with E-state index < -0.39 is 23.9 Å². The zero-order chi connectivity index (χ0) is 25.2. The Morgan fingerprint density at radius 2 is 1.80 bits per heavy atom. The zero-order valence-corrected chi connectivity index (χ0v) is 20.4. The van der Waals surface area contributed by atoms with Crippen LogP contribution in [-0.2, 0) is 16.1 Å². The number of carbonyl (C=O) groups is 3. The van der Waals surface area contributed by atoms with Gasteiger partial charge >= 0.3 is 6.09 Å². The summed E-state index contributed by atoms with van der Waals surface area (Å²) in [7, 11) is 1.56. The topological polar surface area (TPSA) is 132 Å². The Morgan fingerprint density at radius 3 is 2.51 bits per heavy atom. The van der Waals surface area contributed by atoms with E-state index in [0.29, 0.717) is 17.2 Å². The fraction of sp³-hybridized carbons (Fsp3) is 0.292. The van der Waals surface area contributed by atoms with E-state index in [1.54, 1.807) is 43.1 Å². The number of pyridine rings is 1. The number of carbonyl (C=O) groups excluding carboxylic acids is 3. The summed E-state index contributed by atoms with van der Waals surface area (Å²) in [6.45, 7) is 3.87. The van der Waals surface area contributed by atoms with E-state index in [4.69, 9.17) is 9.47 Å². The fourth-order valence-electron chi connectivity index (χ4n) is 3.11. The number of alkyl carbamates (subject to hydrolysis) is 1. The Kier molecular flexibility index (Phi) is 9.13. The summed E-state index contributed by atoms with van der Waals surface area (Å²) in [5, 5.41) is 4.75. The Balaban J connectivity index is 1.56. The molecule has 2 aromatic heterocycles. The smallest absolute Gasteiger partial charge is 0.408 e. The first-order chi connectivity index (χ1) is 16.9. The number of hydrogen-bond donors (Lipinski definition) is 3. The number of hydrazine groups is 1. The summed E-state index contributed by atoms with van der Waals surface area (Å²) in [5.41, 5.74) is 6.38. The highest BCUT2D eigenvalue weighted by molar-refractivity contribution is 7.13. The van der Waals surface area contributed by atoms with Gasteiger partial charge in [-0.05, 0) is 42.2 Å². The molecule has 184 valence electrons. The van der Waals surface area contributed by atoms with E-state index >= 15 is 0 Å². The number of aromatic nitrogens is 2. The first kappa shape index (κ1) is 25.6. The molecule has 0 saturated heterocycles. The maximum atomic E-state index is 12.7. The number of nitrogens with one attached hydrogen (secondary N) is 3. The Morgan fingerprint density at radius 1 is 1.06 bits per heavy atom. The molecule has 0 bridgehead atoms. The number of rotatable bonds is 9. The van der Waals surface area contributed by atoms with E-state index in [1.807, 2.05) is 32.0 Å². The molecule has 3 amide bonds. The molecule has 3 aromatic rings. The second kappa shape index (κ2) is 12.5. The van der Waals surface area contributed by atoms with Crippen LogP contribution < -0.4 is 20.9 Å². The highest BCUT2D eigenvalue weighted by atomic mass is 32.1. The number of nitrogens with zero attached hydrogens (tertiary/aromatic N) is 2. The molecule has 0 fully saturated rings. The van der Waals surface area contributed by atoms with Gasteiger partial charge in [-0.25, -0.2) is 9.78 Å². The quantitative estimate of drug-likeness (QED) is 0.387. The molecule has 10 nitrogen and oxygen atoms in total. The standard InChI is InChI=1S/C24H27N5O5S/c1-15(2)12-18(27-24(32)34-13-16-8-10-25-11-9-16)21(30)28-29-22(31)19-14-35-23(26-19)17-6-4-5-7-20(17)33-3/h4-11,14-15,18H,12-13H2,1-3H3,(H,27,32)(H,28,30)(H,29,31)/t18-/m1/s1. The number of para-hydroxylation sites is 1. The van der Waals surface area contributed by atoms with Gasteiger partial charge in [-0.3, -0.25) is 25.4 Å². The first-order valence-electron chi connectivity index (χ1n) is 10.9. The second-order valence-corrected chi connectivity index (χ2v) is 8.80. The van der Waals surface area contributed by atoms with Crippen LogP contribution in [0.4, 0.5) is 4.79 Å². The summed E-state index contributed by atoms with van der Waals surface area (Å²) in [6.07, 6.45) is 2.79. The van der Waals surface area contributed by atoms with Crippen LogP contribution in [0, 0.1) is 5.92 Å². The zero-order valence-electron chi connectivity index (χ0n) is 19.6. The van der Waals surface area contributed by atoms with Crippen LogP contribution in [-0.4, -0.2) is 41.0 Å². The fourth-order valence-corrected chi connectivity index (χ4v) is 3.94. The van der Waals surface area contributed by atoms with Crippen molar-refractivity contribution in [2.45, 2.75) is 32.9 Å². The van der Waals surface area contributed by atoms with Gasteiger partial charge in [-0.15, -0.1) is 11.3 Å². The molecule has 1 atom stereocenters. The second-order valence-electron chi connectivity index (χ2n) is 7.94. The molecule has 3 rings (SSSR count). The Labute approximate surface area is 207 Å². The van der Waals surface area contributed by atoms with Crippen molar-refractivity contribution in [3.63, 3.8) is 0 Å². The van der Waals surface area contributed by atoms with Crippen molar-refractivity contribution in [3.8, 4) is 16.3 Å². The van der Waals surface area contributed by atoms with Gasteiger partial charge in [0.15, 0.2) is 0 Å². The van der Waals surface area contributed by atoms with Crippen LogP contribution in [0.25, 0.3) is 10.6 Å². The van der Waals surface area contributed by atoms with Gasteiger partial charge < -0.3 is 14.8 Å². The minimum atomic E-state index is -0.903. The number of benzene rings is 1. The molecule has 1 aromatic carbocycles. The molecule has 11 heteroatoms. The number of ether oxygens (including phenoxy) is 2. The maximum Gasteiger partial charge on any atom is 0.408 e. The summed E-state index contributed by atoms with van der Waals surface area (Å²) in [4.78, 5) is 45.7. The van der Waals surface area contributed by atoms with E-state index in [1.165, 1.54) is 11.3 Å². The molecule has 2 heterocycles. The molecule has 0 spiro atoms. The average molecular weight is 498 g/mol. The van der Waals surface area contributed by atoms with Crippen LogP contribution >= 0.6 is 11.3 Å². The van der Waals surface area contributed by atoms with Crippen molar-refractivity contribution >= 4 is 29.2 Å². The summed E-state index contributed by atoms with van der Waals surface area (Å²) >= 11 is 1.28. The highest BCUT2D eigenvalue weighted by Gasteiger charge is 2.24. The predicted molar refractivity (Wildman–Crippen MR) is 131 cm³/mol. The largest absolute Gasteiger partial charge is 0.496 e. The van der Waals surface area contributed by atoms with E-state index in [-0.39, 0.29) is 18.2 Å². The summed E-state index contributed by atoms with van der Waals surface area (Å²) < 4.78 is 10.5. The third-order valence-electron chi connectivity index (χ3n) is 4.81. The van der Waals surface area contributed by atoms with Crippen molar-refractivity contribution in [2.75, 3.05) is 7.11 Å². The van der Waals surface area contributed by atoms with Gasteiger partial charge in [0.05, 0.1) is 12.7 Å². The van der Waals surface area contributed by atoms with Gasteiger partial charge in [-0.2, -0.15) is 0 Å². The van der Waals surface area contributed by atoms with Crippen LogP contribution in [0.2, 0.25) is 0 Å². The van der Waals surface area contributed by atoms with E-state index in [0.717, 1.165) is 11.1 Å². The minimum Gasteiger partial charge on any atom is -0.496 e. The van der Waals surface area contributed by atoms with Crippen LogP contribution in [0.3, 0.4) is 0 Å². The van der Waals surface area contributed by atoms with Gasteiger partial charge in [0.25, 0.3) is 11.8 Å². The Hall–Kier alpha value is -3.99. The van der Waals surface area contributed by atoms with Gasteiger partial charge in [0.2, 0.25) is 0 Å². The van der Waals surface area contributed by atoms with Crippen LogP contribution in [0.5, 0.6) is 5.75 Å². The van der Waals surface area contributed by atoms with Gasteiger partial charge in [-0.1, -0.05) is 26.0 Å². The molecule has 0 aliphatic carbocycles. The van der Waals surface area contributed by atoms with Crippen molar-refractivity contribution in [1.29, 1.82) is 0 Å². The van der Waals surface area contributed by atoms with Crippen LogP contribution in [0.1, 0.15) is 36.3 Å². The molecular formula is C24H27N5O5S. The molecule has 0 radical (unpaired) electrons. The lowest BCUT2D eigenvalue weighted by Crippen LogP contribution is -2.52. The van der Waals surface area contributed by atoms with Crippen molar-refractivity contribution in [2.24, 2.45) is 5.92 Å². The lowest BCUT2D eigenvalue weighted by molar-refractivity contribution is -0.124.